The van der Waals surface area contributed by atoms with E-state index < -0.39 is 5.43 Å². The molecule has 3 N–H and O–H groups in total. The number of benzene rings is 1. The second-order valence-electron chi connectivity index (χ2n) is 3.35. The Morgan fingerprint density at radius 1 is 1.29 bits per heavy atom. The molecule has 0 saturated heterocycles. The van der Waals surface area contributed by atoms with Crippen LogP contribution in [-0.2, 0) is 0 Å². The number of fused-ring (bicyclic) bond motifs is 1. The highest BCUT2D eigenvalue weighted by Crippen LogP contribution is 2.24. The highest BCUT2D eigenvalue weighted by Gasteiger charge is 2.20. The molecule has 7 nitrogen and oxygen atoms in total. The van der Waals surface area contributed by atoms with E-state index in [1.807, 2.05) is 0 Å². The molecule has 0 aromatic carbocycles. The zero-order valence-electron chi connectivity index (χ0n) is 9.27. The molecule has 0 unspecified atom stereocenters. The van der Waals surface area contributed by atoms with Crippen LogP contribution in [0.3, 0.4) is 0 Å². The van der Waals surface area contributed by atoms with Crippen molar-refractivity contribution < 1.29 is 14.7 Å². The van der Waals surface area contributed by atoms with Crippen LogP contribution in [0, 0.1) is 5.41 Å². The number of H-pyrrole nitrogens is 1. The normalized spacial score (nSPS) is 10.5. The first-order chi connectivity index (χ1) is 8.10. The van der Waals surface area contributed by atoms with Crippen molar-refractivity contribution in [3.63, 3.8) is 0 Å². The first-order valence-corrected chi connectivity index (χ1v) is 4.73. The zero-order valence-corrected chi connectivity index (χ0v) is 9.27. The lowest BCUT2D eigenvalue weighted by molar-refractivity contribution is 0.144. The van der Waals surface area contributed by atoms with Gasteiger partial charge in [-0.2, -0.15) is 0 Å². The highest BCUT2D eigenvalue weighted by atomic mass is 16.5. The Bertz CT molecular complexity index is 643. The molecule has 0 radical (unpaired) electrons. The first kappa shape index (κ1) is 11.1. The van der Waals surface area contributed by atoms with E-state index in [1.54, 1.807) is 0 Å². The van der Waals surface area contributed by atoms with E-state index in [2.05, 4.69) is 5.10 Å². The Morgan fingerprint density at radius 3 is 2.53 bits per heavy atom. The number of aromatic amines is 1. The SMILES string of the molecule is COc1c(OC)c(=O)c2c[nH]n(O)cc-2c1=N. The molecule has 0 aromatic heterocycles. The van der Waals surface area contributed by atoms with Gasteiger partial charge in [0.2, 0.25) is 11.2 Å². The minimum absolute atomic E-state index is 0.0178. The Labute approximate surface area is 95.6 Å². The molecule has 7 heteroatoms. The average molecular weight is 237 g/mol. The van der Waals surface area contributed by atoms with Gasteiger partial charge in [-0.15, -0.1) is 4.85 Å². The van der Waals surface area contributed by atoms with Crippen LogP contribution in [0.5, 0.6) is 11.5 Å². The molecule has 2 rings (SSSR count). The lowest BCUT2D eigenvalue weighted by Crippen LogP contribution is -2.22. The summed E-state index contributed by atoms with van der Waals surface area (Å²) >= 11 is 0. The van der Waals surface area contributed by atoms with Crippen LogP contribution >= 0.6 is 0 Å². The summed E-state index contributed by atoms with van der Waals surface area (Å²) in [6, 6.07) is 0. The van der Waals surface area contributed by atoms with Gasteiger partial charge in [0.05, 0.1) is 26.0 Å². The highest BCUT2D eigenvalue weighted by molar-refractivity contribution is 5.68. The molecule has 2 aliphatic rings. The van der Waals surface area contributed by atoms with Gasteiger partial charge in [-0.1, -0.05) is 0 Å². The number of nitrogens with zero attached hydrogens (tertiary/aromatic N) is 1. The number of aromatic nitrogens is 2. The molecule has 17 heavy (non-hydrogen) atoms. The quantitative estimate of drug-likeness (QED) is 0.641. The molecule has 1 aliphatic carbocycles. The molecule has 0 fully saturated rings. The van der Waals surface area contributed by atoms with Crippen LogP contribution < -0.4 is 20.3 Å². The van der Waals surface area contributed by atoms with E-state index in [-0.39, 0.29) is 28.0 Å². The largest absolute Gasteiger partial charge is 0.491 e. The summed E-state index contributed by atoms with van der Waals surface area (Å²) < 4.78 is 9.93. The molecule has 0 bridgehead atoms. The van der Waals surface area contributed by atoms with Gasteiger partial charge >= 0.3 is 0 Å². The van der Waals surface area contributed by atoms with Gasteiger partial charge in [0.15, 0.2) is 5.75 Å². The summed E-state index contributed by atoms with van der Waals surface area (Å²) in [5.41, 5.74) is 0.124. The molecule has 0 atom stereocenters. The average Bonchev–Trinajstić information content (AvgIpc) is 2.33. The predicted octanol–water partition coefficient (Wildman–Crippen LogP) is 0.0152. The van der Waals surface area contributed by atoms with Crippen LogP contribution in [-0.4, -0.2) is 29.4 Å². The maximum absolute atomic E-state index is 12.0. The lowest BCUT2D eigenvalue weighted by Gasteiger charge is -2.12. The number of rotatable bonds is 2. The van der Waals surface area contributed by atoms with Gasteiger partial charge in [0.1, 0.15) is 5.36 Å². The fourth-order valence-corrected chi connectivity index (χ4v) is 1.67. The van der Waals surface area contributed by atoms with Gasteiger partial charge in [0, 0.05) is 11.8 Å². The Hall–Kier alpha value is -2.44. The molecule has 0 aromatic rings. The molecular formula is C10H11N3O4. The Kier molecular flexibility index (Phi) is 2.51. The van der Waals surface area contributed by atoms with Crippen LogP contribution in [0.4, 0.5) is 0 Å². The van der Waals surface area contributed by atoms with Gasteiger partial charge in [-0.3, -0.25) is 15.3 Å². The van der Waals surface area contributed by atoms with Crippen LogP contribution in [0.1, 0.15) is 0 Å². The fourth-order valence-electron chi connectivity index (χ4n) is 1.67. The number of hydrogen-bond donors (Lipinski definition) is 3. The van der Waals surface area contributed by atoms with Crippen LogP contribution in [0.2, 0.25) is 0 Å². The van der Waals surface area contributed by atoms with E-state index in [0.717, 1.165) is 0 Å². The number of hydrogen-bond acceptors (Lipinski definition) is 5. The fraction of sp³-hybridized carbons (Fsp3) is 0.200. The zero-order chi connectivity index (χ0) is 12.6. The summed E-state index contributed by atoms with van der Waals surface area (Å²) in [4.78, 5) is 12.7. The van der Waals surface area contributed by atoms with Gasteiger partial charge in [-0.05, 0) is 0 Å². The maximum Gasteiger partial charge on any atom is 0.233 e. The maximum atomic E-state index is 12.0. The molecule has 0 spiro atoms. The standard InChI is InChI=1S/C10H11N3O4/c1-16-9-7(11)6-4-13(15)12-3-5(6)8(14)10(9)17-2/h3-4,11-12,15H,1-2H3. The summed E-state index contributed by atoms with van der Waals surface area (Å²) in [5.74, 6) is 0.0327. The van der Waals surface area contributed by atoms with E-state index in [9.17, 15) is 10.0 Å². The van der Waals surface area contributed by atoms with Crippen molar-refractivity contribution in [1.82, 2.24) is 9.94 Å². The second kappa shape index (κ2) is 3.85. The Morgan fingerprint density at radius 2 is 1.94 bits per heavy atom. The number of nitrogens with one attached hydrogen (secondary N) is 2. The summed E-state index contributed by atoms with van der Waals surface area (Å²) in [5, 5.41) is 19.5. The second-order valence-corrected chi connectivity index (χ2v) is 3.35. The van der Waals surface area contributed by atoms with Crippen LogP contribution in [0.15, 0.2) is 17.2 Å². The third kappa shape index (κ3) is 1.52. The summed E-state index contributed by atoms with van der Waals surface area (Å²) in [7, 11) is 2.69. The third-order valence-corrected chi connectivity index (χ3v) is 2.44. The molecule has 1 aliphatic heterocycles. The molecule has 90 valence electrons. The van der Waals surface area contributed by atoms with Crippen molar-refractivity contribution in [2.75, 3.05) is 14.2 Å². The monoisotopic (exact) mass is 237 g/mol. The van der Waals surface area contributed by atoms with E-state index in [4.69, 9.17) is 14.9 Å². The van der Waals surface area contributed by atoms with Crippen molar-refractivity contribution in [2.45, 2.75) is 0 Å². The smallest absolute Gasteiger partial charge is 0.233 e. The third-order valence-electron chi connectivity index (χ3n) is 2.44. The van der Waals surface area contributed by atoms with E-state index in [0.29, 0.717) is 4.85 Å². The van der Waals surface area contributed by atoms with E-state index >= 15 is 0 Å². The topological polar surface area (TPSA) is 100 Å². The summed E-state index contributed by atoms with van der Waals surface area (Å²) in [6.07, 6.45) is 2.53. The van der Waals surface area contributed by atoms with E-state index in [1.165, 1.54) is 26.6 Å². The van der Waals surface area contributed by atoms with Gasteiger partial charge in [-0.25, -0.2) is 0 Å². The summed E-state index contributed by atoms with van der Waals surface area (Å²) in [6.45, 7) is 0. The molecule has 0 amide bonds. The van der Waals surface area contributed by atoms with Crippen molar-refractivity contribution in [3.8, 4) is 22.6 Å². The number of ether oxygens (including phenoxy) is 2. The number of methoxy groups -OCH3 is 2. The molecular weight excluding hydrogens is 226 g/mol. The molecule has 0 saturated carbocycles. The first-order valence-electron chi connectivity index (χ1n) is 4.73. The van der Waals surface area contributed by atoms with Gasteiger partial charge in [0.25, 0.3) is 0 Å². The Balaban J connectivity index is 3.00. The van der Waals surface area contributed by atoms with Crippen LogP contribution in [0.25, 0.3) is 11.1 Å². The lowest BCUT2D eigenvalue weighted by atomic mass is 10.1. The van der Waals surface area contributed by atoms with Crippen molar-refractivity contribution >= 4 is 0 Å². The van der Waals surface area contributed by atoms with Crippen molar-refractivity contribution in [2.24, 2.45) is 0 Å². The minimum atomic E-state index is -0.396. The predicted molar refractivity (Wildman–Crippen MR) is 57.8 cm³/mol. The molecule has 1 heterocycles. The van der Waals surface area contributed by atoms with Crippen molar-refractivity contribution in [1.29, 1.82) is 5.41 Å². The van der Waals surface area contributed by atoms with Gasteiger partial charge < -0.3 is 14.7 Å². The van der Waals surface area contributed by atoms with Crippen molar-refractivity contribution in [3.05, 3.63) is 28.0 Å². The minimum Gasteiger partial charge on any atom is -0.491 e.